The summed E-state index contributed by atoms with van der Waals surface area (Å²) < 4.78 is 10.6. The zero-order valence-electron chi connectivity index (χ0n) is 15.5. The average Bonchev–Trinajstić information content (AvgIpc) is 2.63. The highest BCUT2D eigenvalue weighted by Crippen LogP contribution is 2.38. The van der Waals surface area contributed by atoms with Crippen LogP contribution in [0.15, 0.2) is 48.5 Å². The van der Waals surface area contributed by atoms with Crippen LogP contribution in [0.1, 0.15) is 50.7 Å². The Bertz CT molecular complexity index is 593. The van der Waals surface area contributed by atoms with E-state index in [-0.39, 0.29) is 5.41 Å². The van der Waals surface area contributed by atoms with Gasteiger partial charge in [0.25, 0.3) is 0 Å². The molecule has 0 aliphatic carbocycles. The lowest BCUT2D eigenvalue weighted by Gasteiger charge is -2.35. The number of methoxy groups -OCH3 is 2. The van der Waals surface area contributed by atoms with Gasteiger partial charge in [0.15, 0.2) is 0 Å². The molecule has 2 rings (SSSR count). The van der Waals surface area contributed by atoms with E-state index in [9.17, 15) is 0 Å². The Balaban J connectivity index is 2.36. The molecule has 0 N–H and O–H groups in total. The van der Waals surface area contributed by atoms with Crippen LogP contribution >= 0.6 is 0 Å². The van der Waals surface area contributed by atoms with E-state index in [2.05, 4.69) is 62.4 Å². The largest absolute Gasteiger partial charge is 0.497 e. The molecule has 0 saturated carbocycles. The van der Waals surface area contributed by atoms with Gasteiger partial charge >= 0.3 is 0 Å². The molecule has 2 nitrogen and oxygen atoms in total. The first-order valence-electron chi connectivity index (χ1n) is 8.95. The number of ether oxygens (including phenoxy) is 2. The van der Waals surface area contributed by atoms with Crippen LogP contribution in [0.25, 0.3) is 0 Å². The summed E-state index contributed by atoms with van der Waals surface area (Å²) in [7, 11) is 3.43. The maximum absolute atomic E-state index is 5.33. The fourth-order valence-corrected chi connectivity index (χ4v) is 3.73. The zero-order valence-corrected chi connectivity index (χ0v) is 15.5. The van der Waals surface area contributed by atoms with Crippen molar-refractivity contribution >= 4 is 0 Å². The molecule has 0 spiro atoms. The molecule has 0 amide bonds. The number of hydrogen-bond acceptors (Lipinski definition) is 2. The predicted octanol–water partition coefficient (Wildman–Crippen LogP) is 5.78. The molecule has 0 atom stereocenters. The second-order valence-corrected chi connectivity index (χ2v) is 6.53. The Morgan fingerprint density at radius 3 is 1.58 bits per heavy atom. The minimum atomic E-state index is 0.185. The Morgan fingerprint density at radius 2 is 1.17 bits per heavy atom. The van der Waals surface area contributed by atoms with Crippen molar-refractivity contribution in [3.8, 4) is 11.5 Å². The third-order valence-corrected chi connectivity index (χ3v) is 4.86. The lowest BCUT2D eigenvalue weighted by atomic mass is 9.69. The summed E-state index contributed by atoms with van der Waals surface area (Å²) in [6, 6.07) is 17.2. The highest BCUT2D eigenvalue weighted by Gasteiger charge is 2.30. The van der Waals surface area contributed by atoms with Crippen LogP contribution in [-0.4, -0.2) is 14.2 Å². The van der Waals surface area contributed by atoms with Crippen LogP contribution in [0.2, 0.25) is 0 Å². The van der Waals surface area contributed by atoms with Crippen molar-refractivity contribution in [2.24, 2.45) is 0 Å². The molecule has 2 aromatic rings. The minimum Gasteiger partial charge on any atom is -0.497 e. The van der Waals surface area contributed by atoms with Crippen molar-refractivity contribution in [1.82, 2.24) is 0 Å². The van der Waals surface area contributed by atoms with Gasteiger partial charge in [-0.2, -0.15) is 0 Å². The van der Waals surface area contributed by atoms with Gasteiger partial charge in [0, 0.05) is 0 Å². The van der Waals surface area contributed by atoms with Crippen molar-refractivity contribution in [3.63, 3.8) is 0 Å². The SMILES string of the molecule is CCCC(CCC)(Cc1ccc(OC)cc1)c1ccc(OC)cc1. The average molecular weight is 326 g/mol. The van der Waals surface area contributed by atoms with E-state index in [1.165, 1.54) is 36.8 Å². The molecule has 0 heterocycles. The van der Waals surface area contributed by atoms with Crippen molar-refractivity contribution in [2.75, 3.05) is 14.2 Å². The second-order valence-electron chi connectivity index (χ2n) is 6.53. The van der Waals surface area contributed by atoms with Crippen LogP contribution < -0.4 is 9.47 Å². The molecule has 0 bridgehead atoms. The summed E-state index contributed by atoms with van der Waals surface area (Å²) in [4.78, 5) is 0. The summed E-state index contributed by atoms with van der Waals surface area (Å²) >= 11 is 0. The molecule has 0 aliphatic rings. The lowest BCUT2D eigenvalue weighted by Crippen LogP contribution is -2.29. The molecule has 2 heteroatoms. The van der Waals surface area contributed by atoms with Crippen LogP contribution in [0, 0.1) is 0 Å². The summed E-state index contributed by atoms with van der Waals surface area (Å²) in [6.45, 7) is 4.56. The molecule has 0 unspecified atom stereocenters. The number of hydrogen-bond donors (Lipinski definition) is 0. The molecule has 0 radical (unpaired) electrons. The Labute approximate surface area is 146 Å². The standard InChI is InChI=1S/C22H30O2/c1-5-15-22(16-6-2,19-9-13-21(24-4)14-10-19)17-18-7-11-20(23-3)12-8-18/h7-14H,5-6,15-17H2,1-4H3. The molecular formula is C22H30O2. The first-order valence-corrected chi connectivity index (χ1v) is 8.95. The minimum absolute atomic E-state index is 0.185. The predicted molar refractivity (Wildman–Crippen MR) is 101 cm³/mol. The van der Waals surface area contributed by atoms with Crippen LogP contribution in [0.4, 0.5) is 0 Å². The number of benzene rings is 2. The van der Waals surface area contributed by atoms with Crippen molar-refractivity contribution in [3.05, 3.63) is 59.7 Å². The third kappa shape index (κ3) is 4.31. The van der Waals surface area contributed by atoms with Gasteiger partial charge in [-0.15, -0.1) is 0 Å². The summed E-state index contributed by atoms with van der Waals surface area (Å²) in [5, 5.41) is 0. The second kappa shape index (κ2) is 8.77. The first-order chi connectivity index (χ1) is 11.7. The van der Waals surface area contributed by atoms with Gasteiger partial charge in [0.05, 0.1) is 14.2 Å². The van der Waals surface area contributed by atoms with E-state index in [1.807, 2.05) is 0 Å². The Kier molecular flexibility index (Phi) is 6.72. The van der Waals surface area contributed by atoms with E-state index >= 15 is 0 Å². The quantitative estimate of drug-likeness (QED) is 0.581. The smallest absolute Gasteiger partial charge is 0.118 e. The van der Waals surface area contributed by atoms with Gasteiger partial charge in [-0.1, -0.05) is 51.0 Å². The Morgan fingerprint density at radius 1 is 0.708 bits per heavy atom. The van der Waals surface area contributed by atoms with Crippen molar-refractivity contribution in [2.45, 2.75) is 51.4 Å². The molecule has 2 aromatic carbocycles. The number of rotatable bonds is 9. The lowest BCUT2D eigenvalue weighted by molar-refractivity contribution is 0.351. The zero-order chi connectivity index (χ0) is 17.4. The molecule has 0 saturated heterocycles. The van der Waals surface area contributed by atoms with E-state index < -0.39 is 0 Å². The van der Waals surface area contributed by atoms with Gasteiger partial charge < -0.3 is 9.47 Å². The van der Waals surface area contributed by atoms with Gasteiger partial charge in [0.2, 0.25) is 0 Å². The first kappa shape index (κ1) is 18.4. The maximum atomic E-state index is 5.33. The van der Waals surface area contributed by atoms with E-state index in [0.717, 1.165) is 17.9 Å². The van der Waals surface area contributed by atoms with Crippen LogP contribution in [-0.2, 0) is 11.8 Å². The monoisotopic (exact) mass is 326 g/mol. The normalized spacial score (nSPS) is 11.3. The maximum Gasteiger partial charge on any atom is 0.118 e. The van der Waals surface area contributed by atoms with Crippen molar-refractivity contribution in [1.29, 1.82) is 0 Å². The highest BCUT2D eigenvalue weighted by molar-refractivity contribution is 5.36. The Hall–Kier alpha value is -1.96. The van der Waals surface area contributed by atoms with E-state index in [0.29, 0.717) is 0 Å². The molecule has 130 valence electrons. The van der Waals surface area contributed by atoms with E-state index in [4.69, 9.17) is 9.47 Å². The fourth-order valence-electron chi connectivity index (χ4n) is 3.73. The third-order valence-electron chi connectivity index (χ3n) is 4.86. The van der Waals surface area contributed by atoms with Crippen LogP contribution in [0.5, 0.6) is 11.5 Å². The van der Waals surface area contributed by atoms with Crippen molar-refractivity contribution < 1.29 is 9.47 Å². The topological polar surface area (TPSA) is 18.5 Å². The highest BCUT2D eigenvalue weighted by atomic mass is 16.5. The molecular weight excluding hydrogens is 296 g/mol. The summed E-state index contributed by atoms with van der Waals surface area (Å²) in [5.74, 6) is 1.84. The molecule has 0 fully saturated rings. The van der Waals surface area contributed by atoms with Gasteiger partial charge in [-0.25, -0.2) is 0 Å². The molecule has 24 heavy (non-hydrogen) atoms. The van der Waals surface area contributed by atoms with Gasteiger partial charge in [0.1, 0.15) is 11.5 Å². The van der Waals surface area contributed by atoms with E-state index in [1.54, 1.807) is 14.2 Å². The summed E-state index contributed by atoms with van der Waals surface area (Å²) in [5.41, 5.74) is 2.97. The van der Waals surface area contributed by atoms with Crippen LogP contribution in [0.3, 0.4) is 0 Å². The summed E-state index contributed by atoms with van der Waals surface area (Å²) in [6.07, 6.45) is 5.81. The fraction of sp³-hybridized carbons (Fsp3) is 0.455. The van der Waals surface area contributed by atoms with Gasteiger partial charge in [-0.3, -0.25) is 0 Å². The molecule has 0 aliphatic heterocycles. The molecule has 0 aromatic heterocycles. The van der Waals surface area contributed by atoms with Gasteiger partial charge in [-0.05, 0) is 60.1 Å².